The van der Waals surface area contributed by atoms with E-state index in [0.717, 1.165) is 44.9 Å². The van der Waals surface area contributed by atoms with Gasteiger partial charge in [0.05, 0.1) is 17.9 Å². The van der Waals surface area contributed by atoms with Gasteiger partial charge in [-0.1, -0.05) is 69.0 Å². The van der Waals surface area contributed by atoms with Crippen molar-refractivity contribution in [3.8, 4) is 0 Å². The molecule has 9 heteroatoms. The summed E-state index contributed by atoms with van der Waals surface area (Å²) in [5.74, 6) is -0.695. The van der Waals surface area contributed by atoms with Crippen molar-refractivity contribution in [2.24, 2.45) is 29.6 Å². The third kappa shape index (κ3) is 4.66. The molecule has 1 aromatic carbocycles. The highest BCUT2D eigenvalue weighted by Gasteiger charge is 2.73. The monoisotopic (exact) mass is 587 g/mol. The van der Waals surface area contributed by atoms with E-state index >= 15 is 0 Å². The van der Waals surface area contributed by atoms with E-state index in [1.165, 1.54) is 0 Å². The average molecular weight is 589 g/mol. The molecule has 2 bridgehead atoms. The van der Waals surface area contributed by atoms with Crippen LogP contribution in [0.2, 0.25) is 10.0 Å². The van der Waals surface area contributed by atoms with E-state index in [0.29, 0.717) is 33.5 Å². The van der Waals surface area contributed by atoms with Gasteiger partial charge in [-0.2, -0.15) is 0 Å². The van der Waals surface area contributed by atoms with Gasteiger partial charge in [-0.3, -0.25) is 14.4 Å². The minimum Gasteiger partial charge on any atom is -0.359 e. The molecule has 1 aromatic rings. The van der Waals surface area contributed by atoms with Gasteiger partial charge in [-0.25, -0.2) is 0 Å². The van der Waals surface area contributed by atoms with E-state index in [1.54, 1.807) is 18.2 Å². The lowest BCUT2D eigenvalue weighted by Crippen LogP contribution is -2.59. The third-order valence-electron chi connectivity index (χ3n) is 10.4. The molecule has 2 saturated carbocycles. The Morgan fingerprint density at radius 1 is 0.975 bits per heavy atom. The van der Waals surface area contributed by atoms with Crippen LogP contribution in [-0.4, -0.2) is 52.5 Å². The van der Waals surface area contributed by atoms with E-state index in [-0.39, 0.29) is 29.8 Å². The molecule has 3 aliphatic heterocycles. The van der Waals surface area contributed by atoms with Crippen molar-refractivity contribution in [1.29, 1.82) is 0 Å². The summed E-state index contributed by atoms with van der Waals surface area (Å²) in [7, 11) is 0. The first kappa shape index (κ1) is 28.0. The van der Waals surface area contributed by atoms with Crippen molar-refractivity contribution in [3.05, 3.63) is 40.4 Å². The SMILES string of the molecule is CC1CCC(N2C(=O)[C@@H]3C(C(=O)Nc4cc(Cl)cc(Cl)c4)[C@@H]4C=CC3(O4)C2C(=O)NC2CCCC(C)C2C)CC1. The number of carbonyl (C=O) groups excluding carboxylic acids is 3. The normalized spacial score (nSPS) is 40.3. The average Bonchev–Trinajstić information content (AvgIpc) is 3.54. The van der Waals surface area contributed by atoms with E-state index in [9.17, 15) is 14.4 Å². The fraction of sp³-hybridized carbons (Fsp3) is 0.645. The molecule has 5 aliphatic rings. The summed E-state index contributed by atoms with van der Waals surface area (Å²) in [6.45, 7) is 6.68. The van der Waals surface area contributed by atoms with Crippen LogP contribution in [0.1, 0.15) is 65.7 Å². The molecule has 2 N–H and O–H groups in total. The number of carbonyl (C=O) groups is 3. The summed E-state index contributed by atoms with van der Waals surface area (Å²) in [6.07, 6.45) is 10.1. The maximum Gasteiger partial charge on any atom is 0.246 e. The van der Waals surface area contributed by atoms with Gasteiger partial charge >= 0.3 is 0 Å². The van der Waals surface area contributed by atoms with Crippen LogP contribution in [-0.2, 0) is 19.1 Å². The molecule has 216 valence electrons. The van der Waals surface area contributed by atoms with E-state index < -0.39 is 29.6 Å². The summed E-state index contributed by atoms with van der Waals surface area (Å²) in [4.78, 5) is 44.1. The molecule has 6 unspecified atom stereocenters. The van der Waals surface area contributed by atoms with Crippen LogP contribution in [0.4, 0.5) is 5.69 Å². The Hall–Kier alpha value is -2.09. The molecule has 1 spiro atoms. The first-order valence-corrected chi connectivity index (χ1v) is 15.6. The summed E-state index contributed by atoms with van der Waals surface area (Å²) in [6, 6.07) is 4.06. The fourth-order valence-electron chi connectivity index (χ4n) is 8.02. The Bertz CT molecular complexity index is 1210. The molecule has 6 rings (SSSR count). The number of ether oxygens (including phenoxy) is 1. The lowest BCUT2D eigenvalue weighted by molar-refractivity contribution is -0.145. The Morgan fingerprint density at radius 3 is 2.38 bits per heavy atom. The predicted octanol–water partition coefficient (Wildman–Crippen LogP) is 5.60. The van der Waals surface area contributed by atoms with E-state index in [2.05, 4.69) is 31.4 Å². The number of hydrogen-bond donors (Lipinski definition) is 2. The number of anilines is 1. The molecular formula is C31H39Cl2N3O4. The van der Waals surface area contributed by atoms with Crippen LogP contribution in [0.25, 0.3) is 0 Å². The molecule has 0 radical (unpaired) electrons. The lowest BCUT2D eigenvalue weighted by Gasteiger charge is -2.41. The van der Waals surface area contributed by atoms with Crippen molar-refractivity contribution in [1.82, 2.24) is 10.2 Å². The van der Waals surface area contributed by atoms with Gasteiger partial charge in [-0.15, -0.1) is 0 Å². The summed E-state index contributed by atoms with van der Waals surface area (Å²) in [5.41, 5.74) is -0.701. The molecule has 8 atom stereocenters. The highest BCUT2D eigenvalue weighted by molar-refractivity contribution is 6.35. The zero-order valence-corrected chi connectivity index (χ0v) is 24.9. The minimum absolute atomic E-state index is 0.0476. The number of nitrogens with one attached hydrogen (secondary N) is 2. The molecule has 40 heavy (non-hydrogen) atoms. The van der Waals surface area contributed by atoms with Crippen LogP contribution in [0, 0.1) is 29.6 Å². The Kier molecular flexibility index (Phi) is 7.46. The lowest BCUT2D eigenvalue weighted by atomic mass is 9.73. The zero-order valence-electron chi connectivity index (χ0n) is 23.4. The van der Waals surface area contributed by atoms with E-state index in [4.69, 9.17) is 27.9 Å². The number of rotatable bonds is 5. The number of hydrogen-bond acceptors (Lipinski definition) is 4. The van der Waals surface area contributed by atoms with Gasteiger partial charge in [0.25, 0.3) is 0 Å². The maximum atomic E-state index is 14.4. The second kappa shape index (κ2) is 10.6. The van der Waals surface area contributed by atoms with Gasteiger partial charge in [0.2, 0.25) is 17.7 Å². The van der Waals surface area contributed by atoms with Crippen LogP contribution in [0.5, 0.6) is 0 Å². The maximum absolute atomic E-state index is 14.4. The largest absolute Gasteiger partial charge is 0.359 e. The Morgan fingerprint density at radius 2 is 1.68 bits per heavy atom. The highest BCUT2D eigenvalue weighted by atomic mass is 35.5. The minimum atomic E-state index is -1.16. The van der Waals surface area contributed by atoms with Crippen LogP contribution in [0.3, 0.4) is 0 Å². The van der Waals surface area contributed by atoms with Gasteiger partial charge in [0, 0.05) is 27.8 Å². The fourth-order valence-corrected chi connectivity index (χ4v) is 8.55. The summed E-state index contributed by atoms with van der Waals surface area (Å²) in [5, 5.41) is 7.06. The molecule has 7 nitrogen and oxygen atoms in total. The first-order chi connectivity index (χ1) is 19.1. The number of halogens is 2. The van der Waals surface area contributed by atoms with Crippen LogP contribution >= 0.6 is 23.2 Å². The van der Waals surface area contributed by atoms with Crippen molar-refractivity contribution < 1.29 is 19.1 Å². The molecule has 3 amide bonds. The van der Waals surface area contributed by atoms with Gasteiger partial charge in [-0.05, 0) is 68.1 Å². The quantitative estimate of drug-likeness (QED) is 0.439. The zero-order chi connectivity index (χ0) is 28.3. The molecule has 3 heterocycles. The van der Waals surface area contributed by atoms with Gasteiger partial charge in [0.15, 0.2) is 0 Å². The Balaban J connectivity index is 1.32. The molecule has 4 fully saturated rings. The number of nitrogens with zero attached hydrogens (tertiary/aromatic N) is 1. The number of fused-ring (bicyclic) bond motifs is 1. The Labute approximate surface area is 246 Å². The highest BCUT2D eigenvalue weighted by Crippen LogP contribution is 2.56. The van der Waals surface area contributed by atoms with Crippen LogP contribution in [0.15, 0.2) is 30.4 Å². The summed E-state index contributed by atoms with van der Waals surface area (Å²) >= 11 is 12.3. The molecule has 2 saturated heterocycles. The number of likely N-dealkylation sites (tertiary alicyclic amines) is 1. The standard InChI is InChI=1S/C31H39Cl2N3O4/c1-16-7-9-22(10-8-16)36-27(29(38)35-23-6-4-5-17(2)18(23)3)31-12-11-24(40-31)25(26(31)30(36)39)28(37)34-21-14-19(32)13-20(33)15-21/h11-18,22-27H,4-10H2,1-3H3,(H,34,37)(H,35,38)/t16?,17?,18?,22?,23?,24-,25?,26-,27?,31?/m0/s1. The summed E-state index contributed by atoms with van der Waals surface area (Å²) < 4.78 is 6.54. The first-order valence-electron chi connectivity index (χ1n) is 14.9. The van der Waals surface area contributed by atoms with Crippen molar-refractivity contribution >= 4 is 46.6 Å². The van der Waals surface area contributed by atoms with Gasteiger partial charge < -0.3 is 20.3 Å². The van der Waals surface area contributed by atoms with Crippen molar-refractivity contribution in [2.45, 2.75) is 95.5 Å². The molecule has 2 aliphatic carbocycles. The van der Waals surface area contributed by atoms with Crippen LogP contribution < -0.4 is 10.6 Å². The smallest absolute Gasteiger partial charge is 0.246 e. The molecule has 0 aromatic heterocycles. The number of benzene rings is 1. The third-order valence-corrected chi connectivity index (χ3v) is 10.8. The second-order valence-electron chi connectivity index (χ2n) is 12.9. The van der Waals surface area contributed by atoms with Crippen molar-refractivity contribution in [2.75, 3.05) is 5.32 Å². The van der Waals surface area contributed by atoms with Crippen molar-refractivity contribution in [3.63, 3.8) is 0 Å². The van der Waals surface area contributed by atoms with E-state index in [1.807, 2.05) is 17.1 Å². The second-order valence-corrected chi connectivity index (χ2v) is 13.8. The number of amides is 3. The predicted molar refractivity (Wildman–Crippen MR) is 155 cm³/mol. The molecular weight excluding hydrogens is 549 g/mol. The van der Waals surface area contributed by atoms with Gasteiger partial charge in [0.1, 0.15) is 11.6 Å². The topological polar surface area (TPSA) is 87.7 Å².